The molecule has 1 fully saturated rings. The zero-order chi connectivity index (χ0) is 29.0. The van der Waals surface area contributed by atoms with Crippen molar-refractivity contribution in [2.24, 2.45) is 0 Å². The van der Waals surface area contributed by atoms with Gasteiger partial charge in [0.1, 0.15) is 18.1 Å². The summed E-state index contributed by atoms with van der Waals surface area (Å²) in [6.07, 6.45) is 0.325. The first-order chi connectivity index (χ1) is 19.7. The number of imide groups is 1. The van der Waals surface area contributed by atoms with Crippen LogP contribution in [0.5, 0.6) is 0 Å². The topological polar surface area (TPSA) is 123 Å². The minimum atomic E-state index is -1.19. The average molecular weight is 551 g/mol. The Labute approximate surface area is 236 Å². The van der Waals surface area contributed by atoms with Crippen molar-refractivity contribution >= 4 is 40.4 Å². The maximum Gasteiger partial charge on any atom is 0.332 e. The molecule has 2 aliphatic heterocycles. The van der Waals surface area contributed by atoms with Crippen LogP contribution in [0.4, 0.5) is 10.5 Å². The van der Waals surface area contributed by atoms with E-state index in [9.17, 15) is 24.3 Å². The zero-order valence-electron chi connectivity index (χ0n) is 22.9. The van der Waals surface area contributed by atoms with E-state index in [0.717, 1.165) is 32.6 Å². The Morgan fingerprint density at radius 1 is 0.951 bits per heavy atom. The monoisotopic (exact) mass is 550 g/mol. The van der Waals surface area contributed by atoms with Gasteiger partial charge >= 0.3 is 12.0 Å². The lowest BCUT2D eigenvalue weighted by molar-refractivity contribution is -0.138. The number of nitrogens with one attached hydrogen (secondary N) is 2. The number of carboxylic acids is 1. The third kappa shape index (κ3) is 4.25. The van der Waals surface area contributed by atoms with Gasteiger partial charge in [-0.1, -0.05) is 68.4 Å². The maximum atomic E-state index is 14.2. The fraction of sp³-hybridized carbons (Fsp3) is 0.250. The molecule has 0 saturated carbocycles. The Balaban J connectivity index is 1.46. The zero-order valence-corrected chi connectivity index (χ0v) is 22.9. The van der Waals surface area contributed by atoms with E-state index in [-0.39, 0.29) is 11.3 Å². The van der Waals surface area contributed by atoms with Crippen molar-refractivity contribution < 1.29 is 24.3 Å². The van der Waals surface area contributed by atoms with E-state index >= 15 is 0 Å². The lowest BCUT2D eigenvalue weighted by Gasteiger charge is -2.36. The summed E-state index contributed by atoms with van der Waals surface area (Å²) < 4.78 is 0. The summed E-state index contributed by atoms with van der Waals surface area (Å²) in [5.74, 6) is -1.97. The quantitative estimate of drug-likeness (QED) is 0.292. The number of anilines is 1. The van der Waals surface area contributed by atoms with Crippen molar-refractivity contribution in [1.29, 1.82) is 0 Å². The molecule has 0 radical (unpaired) electrons. The highest BCUT2D eigenvalue weighted by Gasteiger charge is 2.53. The van der Waals surface area contributed by atoms with Gasteiger partial charge in [-0.25, -0.2) is 9.69 Å². The van der Waals surface area contributed by atoms with Gasteiger partial charge in [0.25, 0.3) is 11.8 Å². The number of hydrogen-bond acceptors (Lipinski definition) is 4. The predicted octanol–water partition coefficient (Wildman–Crippen LogP) is 4.98. The van der Waals surface area contributed by atoms with Crippen LogP contribution in [0, 0.1) is 0 Å². The van der Waals surface area contributed by atoms with Crippen molar-refractivity contribution in [2.45, 2.75) is 51.2 Å². The van der Waals surface area contributed by atoms with Gasteiger partial charge in [-0.15, -0.1) is 0 Å². The highest BCUT2D eigenvalue weighted by molar-refractivity contribution is 6.24. The van der Waals surface area contributed by atoms with Crippen LogP contribution >= 0.6 is 0 Å². The molecular weight excluding hydrogens is 520 g/mol. The molecule has 0 bridgehead atoms. The molecule has 2 aliphatic rings. The Morgan fingerprint density at radius 2 is 1.63 bits per heavy atom. The summed E-state index contributed by atoms with van der Waals surface area (Å²) in [7, 11) is 0. The number of amides is 4. The van der Waals surface area contributed by atoms with Crippen LogP contribution in [0.25, 0.3) is 10.9 Å². The number of benzene rings is 3. The van der Waals surface area contributed by atoms with Crippen LogP contribution in [0.2, 0.25) is 0 Å². The lowest BCUT2D eigenvalue weighted by Crippen LogP contribution is -2.44. The Hall–Kier alpha value is -4.92. The highest BCUT2D eigenvalue weighted by Crippen LogP contribution is 2.45. The number of aromatic nitrogens is 1. The number of carbonyl (C=O) groups is 4. The molecule has 3 heterocycles. The van der Waals surface area contributed by atoms with Crippen LogP contribution in [-0.2, 0) is 16.0 Å². The van der Waals surface area contributed by atoms with Crippen molar-refractivity contribution in [3.63, 3.8) is 0 Å². The van der Waals surface area contributed by atoms with Crippen molar-refractivity contribution in [2.75, 3.05) is 4.90 Å². The molecule has 3 N–H and O–H groups in total. The third-order valence-corrected chi connectivity index (χ3v) is 8.08. The van der Waals surface area contributed by atoms with E-state index in [1.165, 1.54) is 24.6 Å². The first-order valence-corrected chi connectivity index (χ1v) is 13.7. The molecule has 0 unspecified atom stereocenters. The first-order valence-electron chi connectivity index (χ1n) is 13.7. The van der Waals surface area contributed by atoms with Crippen LogP contribution in [0.3, 0.4) is 0 Å². The van der Waals surface area contributed by atoms with Crippen LogP contribution in [0.15, 0.2) is 72.8 Å². The van der Waals surface area contributed by atoms with Gasteiger partial charge in [0, 0.05) is 23.0 Å². The molecule has 4 aromatic rings. The molecule has 41 heavy (non-hydrogen) atoms. The summed E-state index contributed by atoms with van der Waals surface area (Å²) in [4.78, 5) is 58.9. The molecule has 1 saturated heterocycles. The smallest absolute Gasteiger partial charge is 0.332 e. The van der Waals surface area contributed by atoms with Crippen molar-refractivity contribution in [1.82, 2.24) is 15.2 Å². The molecule has 4 amide bonds. The van der Waals surface area contributed by atoms with Crippen molar-refractivity contribution in [3.05, 3.63) is 101 Å². The minimum Gasteiger partial charge on any atom is -0.480 e. The molecule has 0 spiro atoms. The number of para-hydroxylation sites is 2. The number of hydrogen-bond donors (Lipinski definition) is 3. The van der Waals surface area contributed by atoms with E-state index in [1.54, 1.807) is 17.0 Å². The molecule has 1 aromatic heterocycles. The Bertz CT molecular complexity index is 1710. The maximum absolute atomic E-state index is 14.2. The second kappa shape index (κ2) is 9.92. The first kappa shape index (κ1) is 26.3. The van der Waals surface area contributed by atoms with Crippen LogP contribution in [0.1, 0.15) is 65.5 Å². The second-order valence-electron chi connectivity index (χ2n) is 10.9. The number of carboxylic acid groups (broad SMARTS) is 1. The molecule has 208 valence electrons. The number of fused-ring (bicyclic) bond motifs is 4. The van der Waals surface area contributed by atoms with Crippen LogP contribution < -0.4 is 10.2 Å². The number of rotatable bonds is 6. The standard InChI is InChI=1S/C32H30N4O5/c1-17(2)19-12-14-20(15-13-19)28-27-23(21-8-4-6-10-24(21)34-27)16-26-30(38)36(32(41)35(26)28)25-11-7-5-9-22(25)29(37)33-18(3)31(39)40/h4-15,17-18,26,28,34H,16H2,1-3H3,(H,33,37)(H,39,40)/t18-,26-,28-/m0/s1. The molecule has 6 rings (SSSR count). The number of nitrogens with zero attached hydrogens (tertiary/aromatic N) is 2. The SMILES string of the molecule is CC(C)c1ccc([C@H]2c3[nH]c4ccccc4c3C[C@H]3C(=O)N(c4ccccc4C(=O)N[C@@H](C)C(=O)O)C(=O)N23)cc1. The van der Waals surface area contributed by atoms with E-state index in [2.05, 4.69) is 36.3 Å². The summed E-state index contributed by atoms with van der Waals surface area (Å²) in [5, 5.41) is 12.7. The van der Waals surface area contributed by atoms with Crippen LogP contribution in [-0.4, -0.2) is 50.9 Å². The third-order valence-electron chi connectivity index (χ3n) is 8.08. The number of carbonyl (C=O) groups excluding carboxylic acids is 3. The fourth-order valence-corrected chi connectivity index (χ4v) is 5.90. The molecule has 9 heteroatoms. The van der Waals surface area contributed by atoms with Gasteiger partial charge in [0.05, 0.1) is 11.3 Å². The molecule has 3 atom stereocenters. The van der Waals surface area contributed by atoms with E-state index in [1.807, 2.05) is 36.4 Å². The molecule has 3 aromatic carbocycles. The van der Waals surface area contributed by atoms with Gasteiger partial charge in [-0.2, -0.15) is 0 Å². The number of aliphatic carboxylic acids is 1. The van der Waals surface area contributed by atoms with Gasteiger partial charge in [-0.3, -0.25) is 19.3 Å². The molecule has 0 aliphatic carbocycles. The van der Waals surface area contributed by atoms with Gasteiger partial charge in [-0.05, 0) is 47.7 Å². The van der Waals surface area contributed by atoms with Gasteiger partial charge in [0.15, 0.2) is 0 Å². The van der Waals surface area contributed by atoms with E-state index < -0.39 is 41.9 Å². The fourth-order valence-electron chi connectivity index (χ4n) is 5.90. The summed E-state index contributed by atoms with van der Waals surface area (Å²) in [6.45, 7) is 5.59. The lowest BCUT2D eigenvalue weighted by atomic mass is 9.88. The highest BCUT2D eigenvalue weighted by atomic mass is 16.4. The Kier molecular flexibility index (Phi) is 6.37. The van der Waals surface area contributed by atoms with E-state index in [0.29, 0.717) is 12.3 Å². The number of H-pyrrole nitrogens is 1. The van der Waals surface area contributed by atoms with Gasteiger partial charge < -0.3 is 15.4 Å². The number of urea groups is 1. The largest absolute Gasteiger partial charge is 0.480 e. The average Bonchev–Trinajstić information content (AvgIpc) is 3.46. The number of aromatic amines is 1. The van der Waals surface area contributed by atoms with E-state index in [4.69, 9.17) is 0 Å². The normalized spacial score (nSPS) is 18.9. The molecule has 9 nitrogen and oxygen atoms in total. The molecular formula is C32H30N4O5. The summed E-state index contributed by atoms with van der Waals surface area (Å²) in [5.41, 5.74) is 5.00. The van der Waals surface area contributed by atoms with Gasteiger partial charge in [0.2, 0.25) is 0 Å². The minimum absolute atomic E-state index is 0.0453. The summed E-state index contributed by atoms with van der Waals surface area (Å²) in [6, 6.07) is 19.3. The van der Waals surface area contributed by atoms with Crippen molar-refractivity contribution in [3.8, 4) is 0 Å². The predicted molar refractivity (Wildman–Crippen MR) is 154 cm³/mol. The summed E-state index contributed by atoms with van der Waals surface area (Å²) >= 11 is 0. The second-order valence-corrected chi connectivity index (χ2v) is 10.9. The Morgan fingerprint density at radius 3 is 2.34 bits per heavy atom.